The van der Waals surface area contributed by atoms with Gasteiger partial charge in [0.1, 0.15) is 5.75 Å². The number of nitrogens with zero attached hydrogens (tertiary/aromatic N) is 1. The van der Waals surface area contributed by atoms with Gasteiger partial charge in [0.2, 0.25) is 10.0 Å². The molecule has 2 heterocycles. The topological polar surface area (TPSA) is 103 Å². The quantitative estimate of drug-likeness (QED) is 0.203. The molecular weight excluding hydrogens is 592 g/mol. The number of amides is 1. The average molecular weight is 635 g/mol. The molecule has 0 radical (unpaired) electrons. The maximum Gasteiger partial charge on any atom is 0.258 e. The van der Waals surface area contributed by atoms with Crippen molar-refractivity contribution in [3.8, 4) is 16.9 Å². The van der Waals surface area contributed by atoms with Crippen molar-refractivity contribution in [2.75, 3.05) is 62.8 Å². The molecule has 0 saturated carbocycles. The van der Waals surface area contributed by atoms with Crippen LogP contribution in [-0.2, 0) is 36.1 Å². The van der Waals surface area contributed by atoms with Crippen molar-refractivity contribution < 1.29 is 32.2 Å². The van der Waals surface area contributed by atoms with Crippen molar-refractivity contribution in [3.63, 3.8) is 0 Å². The molecule has 45 heavy (non-hydrogen) atoms. The zero-order chi connectivity index (χ0) is 32.2. The van der Waals surface area contributed by atoms with Crippen LogP contribution in [0.5, 0.6) is 5.75 Å². The fraction of sp³-hybridized carbons (Fsp3) is 0.400. The van der Waals surface area contributed by atoms with Crippen LogP contribution in [0.25, 0.3) is 16.7 Å². The number of rotatable bonds is 11. The largest absolute Gasteiger partial charge is 0.465 e. The molecule has 0 aliphatic carbocycles. The summed E-state index contributed by atoms with van der Waals surface area (Å²) >= 11 is 0. The van der Waals surface area contributed by atoms with Gasteiger partial charge in [0.25, 0.3) is 5.91 Å². The summed E-state index contributed by atoms with van der Waals surface area (Å²) in [5, 5.41) is 0. The normalized spacial score (nSPS) is 15.4. The number of fused-ring (bicyclic) bond motifs is 1. The predicted molar refractivity (Wildman–Crippen MR) is 178 cm³/mol. The Kier molecular flexibility index (Phi) is 9.98. The summed E-state index contributed by atoms with van der Waals surface area (Å²) in [6.07, 6.45) is 4.88. The van der Waals surface area contributed by atoms with Crippen LogP contribution >= 0.6 is 0 Å². The van der Waals surface area contributed by atoms with Crippen LogP contribution in [0.3, 0.4) is 0 Å². The third kappa shape index (κ3) is 7.94. The number of hydrogen-bond donors (Lipinski definition) is 1. The summed E-state index contributed by atoms with van der Waals surface area (Å²) in [7, 11) is -2.04. The number of ether oxygens (including phenoxy) is 4. The lowest BCUT2D eigenvalue weighted by Gasteiger charge is -2.30. The Morgan fingerprint density at radius 1 is 0.978 bits per heavy atom. The van der Waals surface area contributed by atoms with E-state index in [0.717, 1.165) is 36.0 Å². The number of hydrogen-bond acceptors (Lipinski definition) is 7. The highest BCUT2D eigenvalue weighted by molar-refractivity contribution is 7.92. The lowest BCUT2D eigenvalue weighted by Crippen LogP contribution is -2.37. The van der Waals surface area contributed by atoms with Gasteiger partial charge in [-0.05, 0) is 75.9 Å². The Balaban J connectivity index is 1.42. The van der Waals surface area contributed by atoms with Gasteiger partial charge in [-0.3, -0.25) is 9.52 Å². The Hall–Kier alpha value is -3.70. The molecule has 0 spiro atoms. The van der Waals surface area contributed by atoms with Gasteiger partial charge in [0, 0.05) is 24.9 Å². The van der Waals surface area contributed by atoms with Gasteiger partial charge in [-0.2, -0.15) is 0 Å². The van der Waals surface area contributed by atoms with Gasteiger partial charge >= 0.3 is 0 Å². The van der Waals surface area contributed by atoms with Gasteiger partial charge < -0.3 is 23.8 Å². The molecule has 3 aromatic rings. The smallest absolute Gasteiger partial charge is 0.258 e. The highest BCUT2D eigenvalue weighted by atomic mass is 32.2. The lowest BCUT2D eigenvalue weighted by atomic mass is 9.82. The number of nitrogens with one attached hydrogen (secondary N) is 1. The van der Waals surface area contributed by atoms with Crippen molar-refractivity contribution >= 4 is 32.9 Å². The number of sulfonamides is 1. The summed E-state index contributed by atoms with van der Waals surface area (Å²) in [6.45, 7) is 9.08. The van der Waals surface area contributed by atoms with Gasteiger partial charge in [-0.15, -0.1) is 0 Å². The van der Waals surface area contributed by atoms with Crippen molar-refractivity contribution in [1.29, 1.82) is 0 Å². The zero-order valence-electron chi connectivity index (χ0n) is 26.6. The van der Waals surface area contributed by atoms with E-state index in [2.05, 4.69) is 55.8 Å². The zero-order valence-corrected chi connectivity index (χ0v) is 27.5. The fourth-order valence-electron chi connectivity index (χ4n) is 5.57. The van der Waals surface area contributed by atoms with E-state index in [1.165, 1.54) is 16.7 Å². The molecule has 10 heteroatoms. The second-order valence-electron chi connectivity index (χ2n) is 12.4. The second-order valence-corrected chi connectivity index (χ2v) is 14.1. The van der Waals surface area contributed by atoms with Crippen LogP contribution in [0.1, 0.15) is 54.2 Å². The predicted octanol–water partition coefficient (Wildman–Crippen LogP) is 6.03. The molecule has 1 N–H and O–H groups in total. The van der Waals surface area contributed by atoms with Crippen molar-refractivity contribution in [3.05, 3.63) is 82.9 Å². The molecule has 2 aliphatic rings. The molecule has 5 rings (SSSR count). The molecular formula is C35H42N2O7S. The minimum absolute atomic E-state index is 0.00790. The summed E-state index contributed by atoms with van der Waals surface area (Å²) in [6, 6.07) is 17.7. The van der Waals surface area contributed by atoms with Crippen LogP contribution < -0.4 is 14.4 Å². The molecule has 0 fully saturated rings. The number of carbonyl (C=O) groups is 1. The molecule has 240 valence electrons. The van der Waals surface area contributed by atoms with Gasteiger partial charge in [-0.25, -0.2) is 8.42 Å². The van der Waals surface area contributed by atoms with Gasteiger partial charge in [-0.1, -0.05) is 57.2 Å². The lowest BCUT2D eigenvalue weighted by molar-refractivity contribution is -0.00814. The highest BCUT2D eigenvalue weighted by Crippen LogP contribution is 2.37. The van der Waals surface area contributed by atoms with E-state index in [-0.39, 0.29) is 23.8 Å². The SMILES string of the molecule is COCCOCOc1ccc(N2CCc3cc(-c4ccc(C(C)(C)C)cc4C4=CCCOC4)ccc3C2=O)cc1NS(C)(=O)=O. The van der Waals surface area contributed by atoms with E-state index < -0.39 is 10.0 Å². The highest BCUT2D eigenvalue weighted by Gasteiger charge is 2.27. The van der Waals surface area contributed by atoms with E-state index in [1.807, 2.05) is 12.1 Å². The third-order valence-corrected chi connectivity index (χ3v) is 8.53. The Morgan fingerprint density at radius 2 is 1.78 bits per heavy atom. The fourth-order valence-corrected chi connectivity index (χ4v) is 6.13. The molecule has 0 atom stereocenters. The third-order valence-electron chi connectivity index (χ3n) is 7.94. The Labute approximate surface area is 266 Å². The van der Waals surface area contributed by atoms with Gasteiger partial charge in [0.15, 0.2) is 6.79 Å². The molecule has 0 aromatic heterocycles. The standard InChI is InChI=1S/C35H42N2O7S/c1-35(2,3)27-9-12-29(31(20-27)26-7-6-16-42-22-26)24-8-11-30-25(19-24)14-15-37(34(30)38)28-10-13-33(44-23-43-18-17-41-4)32(21-28)36-45(5,39)40/h7-13,19-21,36H,6,14-18,22-23H2,1-5H3. The minimum atomic E-state index is -3.61. The first kappa shape index (κ1) is 32.7. The molecule has 0 unspecified atom stereocenters. The summed E-state index contributed by atoms with van der Waals surface area (Å²) in [5.74, 6) is 0.152. The summed E-state index contributed by atoms with van der Waals surface area (Å²) in [5.41, 5.74) is 8.22. The van der Waals surface area contributed by atoms with E-state index >= 15 is 0 Å². The van der Waals surface area contributed by atoms with E-state index in [1.54, 1.807) is 30.2 Å². The average Bonchev–Trinajstić information content (AvgIpc) is 3.00. The van der Waals surface area contributed by atoms with E-state index in [9.17, 15) is 13.2 Å². The number of carbonyl (C=O) groups excluding carboxylic acids is 1. The number of methoxy groups -OCH3 is 1. The maximum atomic E-state index is 13.8. The van der Waals surface area contributed by atoms with Crippen LogP contribution in [0, 0.1) is 0 Å². The first-order valence-corrected chi connectivity index (χ1v) is 17.0. The Bertz CT molecular complexity index is 1690. The Morgan fingerprint density at radius 3 is 2.49 bits per heavy atom. The van der Waals surface area contributed by atoms with E-state index in [0.29, 0.717) is 49.8 Å². The monoisotopic (exact) mass is 634 g/mol. The van der Waals surface area contributed by atoms with Crippen LogP contribution in [0.4, 0.5) is 11.4 Å². The van der Waals surface area contributed by atoms with Crippen molar-refractivity contribution in [1.82, 2.24) is 0 Å². The molecule has 3 aromatic carbocycles. The molecule has 2 aliphatic heterocycles. The summed E-state index contributed by atoms with van der Waals surface area (Å²) < 4.78 is 48.6. The van der Waals surface area contributed by atoms with Crippen LogP contribution in [0.2, 0.25) is 0 Å². The molecule has 0 bridgehead atoms. The van der Waals surface area contributed by atoms with E-state index in [4.69, 9.17) is 18.9 Å². The van der Waals surface area contributed by atoms with Gasteiger partial charge in [0.05, 0.1) is 38.4 Å². The first-order chi connectivity index (χ1) is 21.4. The maximum absolute atomic E-state index is 13.8. The van der Waals surface area contributed by atoms with Crippen LogP contribution in [0.15, 0.2) is 60.7 Å². The molecule has 1 amide bonds. The molecule has 0 saturated heterocycles. The van der Waals surface area contributed by atoms with Crippen molar-refractivity contribution in [2.24, 2.45) is 0 Å². The molecule has 9 nitrogen and oxygen atoms in total. The van der Waals surface area contributed by atoms with Crippen LogP contribution in [-0.4, -0.2) is 67.5 Å². The first-order valence-electron chi connectivity index (χ1n) is 15.1. The summed E-state index contributed by atoms with van der Waals surface area (Å²) in [4.78, 5) is 15.5. The van der Waals surface area contributed by atoms with Crippen molar-refractivity contribution in [2.45, 2.75) is 39.0 Å². The minimum Gasteiger partial charge on any atom is -0.465 e. The second kappa shape index (κ2) is 13.7. The number of benzene rings is 3. The number of anilines is 2.